The highest BCUT2D eigenvalue weighted by molar-refractivity contribution is 6.33. The Labute approximate surface area is 168 Å². The monoisotopic (exact) mass is 405 g/mol. The number of allylic oxidation sites excluding steroid dienone is 1. The first-order valence-corrected chi connectivity index (χ1v) is 9.57. The summed E-state index contributed by atoms with van der Waals surface area (Å²) in [5.41, 5.74) is -0.677. The highest BCUT2D eigenvalue weighted by Crippen LogP contribution is 2.16. The third kappa shape index (κ3) is 4.11. The number of halogens is 1. The Hall–Kier alpha value is -2.61. The summed E-state index contributed by atoms with van der Waals surface area (Å²) in [5, 5.41) is 4.85. The first-order valence-electron chi connectivity index (χ1n) is 9.19. The molecule has 0 spiro atoms. The van der Waals surface area contributed by atoms with Crippen molar-refractivity contribution < 1.29 is 9.53 Å². The first-order chi connectivity index (χ1) is 13.2. The summed E-state index contributed by atoms with van der Waals surface area (Å²) in [4.78, 5) is 31.7. The predicted octanol–water partition coefficient (Wildman–Crippen LogP) is 3.11. The van der Waals surface area contributed by atoms with E-state index >= 15 is 0 Å². The van der Waals surface area contributed by atoms with Gasteiger partial charge in [-0.2, -0.15) is 5.10 Å². The molecule has 9 heteroatoms. The topological polar surface area (TPSA) is 81.2 Å². The molecule has 0 radical (unpaired) electrons. The fourth-order valence-electron chi connectivity index (χ4n) is 2.86. The smallest absolute Gasteiger partial charge is 0.410 e. The van der Waals surface area contributed by atoms with Crippen LogP contribution in [0.3, 0.4) is 0 Å². The molecule has 2 aromatic heterocycles. The number of dihydropyridines is 1. The van der Waals surface area contributed by atoms with Gasteiger partial charge in [0, 0.05) is 19.3 Å². The van der Waals surface area contributed by atoms with Gasteiger partial charge >= 0.3 is 6.09 Å². The minimum atomic E-state index is -0.619. The van der Waals surface area contributed by atoms with Gasteiger partial charge in [-0.05, 0) is 46.3 Å². The molecule has 0 unspecified atom stereocenters. The average molecular weight is 406 g/mol. The molecule has 150 valence electrons. The number of carbonyl (C=O) groups is 1. The molecule has 2 aromatic rings. The molecule has 3 rings (SSSR count). The maximum absolute atomic E-state index is 13.2. The zero-order chi connectivity index (χ0) is 20.5. The number of nitrogens with zero attached hydrogens (tertiary/aromatic N) is 5. The molecule has 1 aliphatic heterocycles. The molecule has 8 nitrogen and oxygen atoms in total. The molecule has 0 fully saturated rings. The van der Waals surface area contributed by atoms with Crippen LogP contribution in [0.2, 0.25) is 5.02 Å². The number of fused-ring (bicyclic) bond motifs is 1. The minimum Gasteiger partial charge on any atom is -0.444 e. The summed E-state index contributed by atoms with van der Waals surface area (Å²) in [7, 11) is 0. The predicted molar refractivity (Wildman–Crippen MR) is 108 cm³/mol. The van der Waals surface area contributed by atoms with Crippen LogP contribution in [0, 0.1) is 0 Å². The number of amides is 1. The molecule has 0 bridgehead atoms. The van der Waals surface area contributed by atoms with Crippen molar-refractivity contribution in [2.75, 3.05) is 13.1 Å². The Bertz CT molecular complexity index is 1010. The molecule has 0 aromatic carbocycles. The SMILES string of the molecule is CCN(Cc1nn2ccc(Cl)c2c(=O)n1C1=NCCC=C1)C(=O)OC(C)(C)C. The molecule has 3 heterocycles. The fraction of sp³-hybridized carbons (Fsp3) is 0.474. The number of ether oxygens (including phenoxy) is 1. The zero-order valence-electron chi connectivity index (χ0n) is 16.5. The lowest BCUT2D eigenvalue weighted by Gasteiger charge is -2.27. The Morgan fingerprint density at radius 1 is 1.39 bits per heavy atom. The molecule has 0 aliphatic carbocycles. The van der Waals surface area contributed by atoms with Crippen molar-refractivity contribution >= 4 is 29.0 Å². The lowest BCUT2D eigenvalue weighted by Crippen LogP contribution is -2.40. The van der Waals surface area contributed by atoms with Crippen molar-refractivity contribution in [3.8, 4) is 0 Å². The Morgan fingerprint density at radius 2 is 2.14 bits per heavy atom. The van der Waals surface area contributed by atoms with Gasteiger partial charge in [0.25, 0.3) is 5.56 Å². The fourth-order valence-corrected chi connectivity index (χ4v) is 3.08. The molecular formula is C19H24ClN5O3. The molecule has 0 N–H and O–H groups in total. The third-order valence-electron chi connectivity index (χ3n) is 4.14. The van der Waals surface area contributed by atoms with Crippen molar-refractivity contribution in [2.45, 2.75) is 46.3 Å². The second-order valence-electron chi connectivity index (χ2n) is 7.44. The van der Waals surface area contributed by atoms with E-state index < -0.39 is 11.7 Å². The Kier molecular flexibility index (Phi) is 5.60. The molecule has 0 atom stereocenters. The van der Waals surface area contributed by atoms with Gasteiger partial charge in [-0.25, -0.2) is 13.9 Å². The van der Waals surface area contributed by atoms with Crippen LogP contribution in [-0.2, 0) is 11.3 Å². The standard InChI is InChI=1S/C19H24ClN5O3/c1-5-23(18(27)28-19(2,3)4)12-15-22-24-11-9-13(20)16(24)17(26)25(15)14-8-6-7-10-21-14/h6,8-9,11H,5,7,10,12H2,1-4H3. The minimum absolute atomic E-state index is 0.0965. The van der Waals surface area contributed by atoms with Crippen LogP contribution in [0.25, 0.3) is 5.52 Å². The van der Waals surface area contributed by atoms with E-state index in [1.165, 1.54) is 14.0 Å². The van der Waals surface area contributed by atoms with Crippen LogP contribution in [0.5, 0.6) is 0 Å². The summed E-state index contributed by atoms with van der Waals surface area (Å²) in [6.45, 7) is 8.35. The maximum atomic E-state index is 13.2. The lowest BCUT2D eigenvalue weighted by molar-refractivity contribution is 0.0238. The summed E-state index contributed by atoms with van der Waals surface area (Å²) in [6, 6.07) is 1.61. The highest BCUT2D eigenvalue weighted by Gasteiger charge is 2.25. The van der Waals surface area contributed by atoms with E-state index in [4.69, 9.17) is 16.3 Å². The second-order valence-corrected chi connectivity index (χ2v) is 7.85. The lowest BCUT2D eigenvalue weighted by atomic mass is 10.2. The van der Waals surface area contributed by atoms with Gasteiger partial charge in [-0.1, -0.05) is 17.7 Å². The highest BCUT2D eigenvalue weighted by atomic mass is 35.5. The molecule has 0 saturated carbocycles. The van der Waals surface area contributed by atoms with Crippen LogP contribution < -0.4 is 5.56 Å². The van der Waals surface area contributed by atoms with Crippen molar-refractivity contribution in [3.05, 3.63) is 45.6 Å². The van der Waals surface area contributed by atoms with E-state index in [2.05, 4.69) is 10.1 Å². The first kappa shape index (κ1) is 20.1. The van der Waals surface area contributed by atoms with Crippen LogP contribution in [0.15, 0.2) is 34.2 Å². The van der Waals surface area contributed by atoms with E-state index in [1.807, 2.05) is 33.8 Å². The number of aromatic nitrogens is 3. The number of rotatable bonds is 3. The van der Waals surface area contributed by atoms with Crippen molar-refractivity contribution in [1.82, 2.24) is 19.1 Å². The largest absolute Gasteiger partial charge is 0.444 e. The van der Waals surface area contributed by atoms with Crippen molar-refractivity contribution in [2.24, 2.45) is 4.99 Å². The van der Waals surface area contributed by atoms with Gasteiger partial charge in [0.2, 0.25) is 0 Å². The van der Waals surface area contributed by atoms with Crippen LogP contribution in [0.4, 0.5) is 4.79 Å². The van der Waals surface area contributed by atoms with Crippen molar-refractivity contribution in [1.29, 1.82) is 0 Å². The Morgan fingerprint density at radius 3 is 2.75 bits per heavy atom. The summed E-state index contributed by atoms with van der Waals surface area (Å²) in [6.07, 6.45) is 5.70. The number of hydrogen-bond donors (Lipinski definition) is 0. The molecule has 28 heavy (non-hydrogen) atoms. The molecule has 0 saturated heterocycles. The van der Waals surface area contributed by atoms with Gasteiger partial charge in [0.1, 0.15) is 17.0 Å². The van der Waals surface area contributed by atoms with Gasteiger partial charge in [-0.3, -0.25) is 9.79 Å². The van der Waals surface area contributed by atoms with E-state index in [1.54, 1.807) is 18.3 Å². The van der Waals surface area contributed by atoms with Crippen LogP contribution >= 0.6 is 11.6 Å². The van der Waals surface area contributed by atoms with Gasteiger partial charge in [-0.15, -0.1) is 0 Å². The van der Waals surface area contributed by atoms with Crippen LogP contribution in [-0.4, -0.2) is 49.7 Å². The van der Waals surface area contributed by atoms with E-state index in [0.717, 1.165) is 6.42 Å². The van der Waals surface area contributed by atoms with Gasteiger partial charge < -0.3 is 9.64 Å². The van der Waals surface area contributed by atoms with Gasteiger partial charge in [0.15, 0.2) is 5.82 Å². The average Bonchev–Trinajstić information content (AvgIpc) is 3.00. The maximum Gasteiger partial charge on any atom is 0.410 e. The van der Waals surface area contributed by atoms with E-state index in [-0.39, 0.29) is 17.6 Å². The van der Waals surface area contributed by atoms with Gasteiger partial charge in [0.05, 0.1) is 11.6 Å². The summed E-state index contributed by atoms with van der Waals surface area (Å²) >= 11 is 6.18. The van der Waals surface area contributed by atoms with Crippen molar-refractivity contribution in [3.63, 3.8) is 0 Å². The summed E-state index contributed by atoms with van der Waals surface area (Å²) < 4.78 is 8.33. The molecule has 1 aliphatic rings. The normalized spacial score (nSPS) is 14.2. The molecular weight excluding hydrogens is 382 g/mol. The van der Waals surface area contributed by atoms with E-state index in [9.17, 15) is 9.59 Å². The third-order valence-corrected chi connectivity index (χ3v) is 4.44. The van der Waals surface area contributed by atoms with E-state index in [0.29, 0.717) is 29.8 Å². The number of carbonyl (C=O) groups excluding carboxylic acids is 1. The number of aliphatic imine (C=N–C) groups is 1. The summed E-state index contributed by atoms with van der Waals surface area (Å²) in [5.74, 6) is 0.863. The van der Waals surface area contributed by atoms with Crippen LogP contribution in [0.1, 0.15) is 39.9 Å². The molecule has 1 amide bonds. The quantitative estimate of drug-likeness (QED) is 0.785. The zero-order valence-corrected chi connectivity index (χ0v) is 17.2. The second kappa shape index (κ2) is 7.79. The number of hydrogen-bond acceptors (Lipinski definition) is 5. The Balaban J connectivity index is 2.08.